The van der Waals surface area contributed by atoms with Crippen LogP contribution < -0.4 is 11.2 Å². The van der Waals surface area contributed by atoms with Crippen molar-refractivity contribution in [3.8, 4) is 6.07 Å². The van der Waals surface area contributed by atoms with Crippen LogP contribution in [0.15, 0.2) is 17.2 Å². The molecule has 0 radical (unpaired) electrons. The van der Waals surface area contributed by atoms with E-state index in [4.69, 9.17) is 16.4 Å². The summed E-state index contributed by atoms with van der Waals surface area (Å²) in [6, 6.07) is 4.50. The second kappa shape index (κ2) is 5.07. The van der Waals surface area contributed by atoms with Crippen LogP contribution in [0.2, 0.25) is 0 Å². The predicted molar refractivity (Wildman–Crippen MR) is 64.5 cm³/mol. The molecule has 0 aromatic heterocycles. The van der Waals surface area contributed by atoms with Gasteiger partial charge in [0.25, 0.3) is 0 Å². The van der Waals surface area contributed by atoms with Crippen molar-refractivity contribution >= 4 is 17.2 Å². The molecule has 1 aromatic carbocycles. The molecular formula is C11H12FN5. The molecule has 0 aliphatic rings. The normalized spacial score (nSPS) is 10.8. The van der Waals surface area contributed by atoms with E-state index in [9.17, 15) is 4.39 Å². The fourth-order valence-electron chi connectivity index (χ4n) is 1.17. The second-order valence-corrected chi connectivity index (χ2v) is 3.44. The number of amidine groups is 1. The molecule has 0 amide bonds. The van der Waals surface area contributed by atoms with Gasteiger partial charge in [0.05, 0.1) is 5.69 Å². The lowest BCUT2D eigenvalue weighted by Gasteiger charge is -2.08. The first-order chi connectivity index (χ1) is 7.97. The summed E-state index contributed by atoms with van der Waals surface area (Å²) in [4.78, 5) is 0. The van der Waals surface area contributed by atoms with E-state index in [2.05, 4.69) is 10.5 Å². The summed E-state index contributed by atoms with van der Waals surface area (Å²) in [6.07, 6.45) is 0. The first kappa shape index (κ1) is 12.6. The highest BCUT2D eigenvalue weighted by atomic mass is 19.1. The largest absolute Gasteiger partial charge is 0.382 e. The maximum absolute atomic E-state index is 13.2. The fourth-order valence-corrected chi connectivity index (χ4v) is 1.17. The van der Waals surface area contributed by atoms with Crippen LogP contribution in [0.5, 0.6) is 0 Å². The van der Waals surface area contributed by atoms with Crippen LogP contribution in [0.4, 0.5) is 10.1 Å². The first-order valence-electron chi connectivity index (χ1n) is 4.81. The molecule has 1 aromatic rings. The molecular weight excluding hydrogens is 221 g/mol. The van der Waals surface area contributed by atoms with Crippen LogP contribution in [0, 0.1) is 36.4 Å². The minimum atomic E-state index is -0.420. The van der Waals surface area contributed by atoms with Crippen molar-refractivity contribution < 1.29 is 4.39 Å². The minimum Gasteiger partial charge on any atom is -0.382 e. The van der Waals surface area contributed by atoms with E-state index in [1.165, 1.54) is 12.1 Å². The Bertz CT molecular complexity index is 527. The summed E-state index contributed by atoms with van der Waals surface area (Å²) in [5.74, 6) is -0.722. The SMILES string of the molecule is Cc1c(F)ccc(N/N=C(\C#N)C(=N)N)c1C. The van der Waals surface area contributed by atoms with Crippen molar-refractivity contribution in [2.75, 3.05) is 5.43 Å². The summed E-state index contributed by atoms with van der Waals surface area (Å²) in [6.45, 7) is 3.38. The molecule has 5 nitrogen and oxygen atoms in total. The fraction of sp³-hybridized carbons (Fsp3) is 0.182. The molecule has 0 bridgehead atoms. The number of rotatable bonds is 3. The maximum Gasteiger partial charge on any atom is 0.201 e. The van der Waals surface area contributed by atoms with Gasteiger partial charge < -0.3 is 5.73 Å². The predicted octanol–water partition coefficient (Wildman–Crippen LogP) is 1.67. The van der Waals surface area contributed by atoms with E-state index >= 15 is 0 Å². The highest BCUT2D eigenvalue weighted by Gasteiger charge is 2.06. The smallest absolute Gasteiger partial charge is 0.201 e. The molecule has 1 rings (SSSR count). The average molecular weight is 233 g/mol. The summed E-state index contributed by atoms with van der Waals surface area (Å²) in [7, 11) is 0. The summed E-state index contributed by atoms with van der Waals surface area (Å²) in [5, 5.41) is 19.4. The summed E-state index contributed by atoms with van der Waals surface area (Å²) < 4.78 is 13.2. The van der Waals surface area contributed by atoms with E-state index in [-0.39, 0.29) is 11.5 Å². The molecule has 17 heavy (non-hydrogen) atoms. The Labute approximate surface area is 98.3 Å². The Kier molecular flexibility index (Phi) is 3.78. The van der Waals surface area contributed by atoms with Gasteiger partial charge in [-0.15, -0.1) is 0 Å². The first-order valence-corrected chi connectivity index (χ1v) is 4.81. The van der Waals surface area contributed by atoms with Crippen LogP contribution in [-0.2, 0) is 0 Å². The second-order valence-electron chi connectivity index (χ2n) is 3.44. The zero-order valence-electron chi connectivity index (χ0n) is 9.50. The van der Waals surface area contributed by atoms with Gasteiger partial charge in [0.2, 0.25) is 5.71 Å². The molecule has 0 aliphatic heterocycles. The van der Waals surface area contributed by atoms with E-state index < -0.39 is 5.84 Å². The van der Waals surface area contributed by atoms with Gasteiger partial charge in [-0.2, -0.15) is 10.4 Å². The van der Waals surface area contributed by atoms with Crippen LogP contribution >= 0.6 is 0 Å². The van der Waals surface area contributed by atoms with E-state index in [1.807, 2.05) is 0 Å². The number of nitrogens with one attached hydrogen (secondary N) is 2. The average Bonchev–Trinajstić information content (AvgIpc) is 2.29. The lowest BCUT2D eigenvalue weighted by molar-refractivity contribution is 0.617. The quantitative estimate of drug-likeness (QED) is 0.420. The third-order valence-corrected chi connectivity index (χ3v) is 2.37. The number of hydrazone groups is 1. The highest BCUT2D eigenvalue weighted by Crippen LogP contribution is 2.20. The number of halogens is 1. The molecule has 0 aliphatic carbocycles. The summed E-state index contributed by atoms with van der Waals surface area (Å²) in [5.41, 5.74) is 9.27. The molecule has 0 unspecified atom stereocenters. The third-order valence-electron chi connectivity index (χ3n) is 2.37. The van der Waals surface area contributed by atoms with Crippen LogP contribution in [0.3, 0.4) is 0 Å². The number of hydrogen-bond donors (Lipinski definition) is 3. The van der Waals surface area contributed by atoms with Crippen molar-refractivity contribution in [1.29, 1.82) is 10.7 Å². The number of hydrogen-bond acceptors (Lipinski definition) is 4. The molecule has 0 atom stereocenters. The third kappa shape index (κ3) is 2.78. The Morgan fingerprint density at radius 1 is 1.47 bits per heavy atom. The Morgan fingerprint density at radius 2 is 2.12 bits per heavy atom. The van der Waals surface area contributed by atoms with Crippen molar-refractivity contribution in [2.24, 2.45) is 10.8 Å². The van der Waals surface area contributed by atoms with Gasteiger partial charge in [0, 0.05) is 0 Å². The number of nitrogens with zero attached hydrogens (tertiary/aromatic N) is 2. The van der Waals surface area contributed by atoms with Gasteiger partial charge in [0.15, 0.2) is 5.84 Å². The van der Waals surface area contributed by atoms with Gasteiger partial charge >= 0.3 is 0 Å². The lowest BCUT2D eigenvalue weighted by Crippen LogP contribution is -2.22. The van der Waals surface area contributed by atoms with Gasteiger partial charge in [0.1, 0.15) is 11.9 Å². The van der Waals surface area contributed by atoms with Crippen molar-refractivity contribution in [3.63, 3.8) is 0 Å². The molecule has 0 heterocycles. The molecule has 88 valence electrons. The van der Waals surface area contributed by atoms with E-state index in [0.717, 1.165) is 0 Å². The van der Waals surface area contributed by atoms with Crippen LogP contribution in [-0.4, -0.2) is 11.5 Å². The lowest BCUT2D eigenvalue weighted by atomic mass is 10.1. The monoisotopic (exact) mass is 233 g/mol. The van der Waals surface area contributed by atoms with Crippen molar-refractivity contribution in [2.45, 2.75) is 13.8 Å². The maximum atomic E-state index is 13.2. The highest BCUT2D eigenvalue weighted by molar-refractivity contribution is 6.45. The molecule has 4 N–H and O–H groups in total. The zero-order chi connectivity index (χ0) is 13.0. The number of benzene rings is 1. The molecule has 0 saturated carbocycles. The standard InChI is InChI=1S/C11H12FN5/c1-6-7(2)9(4-3-8(6)12)16-17-10(5-13)11(14)15/h3-4,16H,1-2H3,(H3,14,15)/b17-10+. The minimum absolute atomic E-state index is 0.216. The number of nitriles is 1. The van der Waals surface area contributed by atoms with Crippen LogP contribution in [0.25, 0.3) is 0 Å². The zero-order valence-corrected chi connectivity index (χ0v) is 9.50. The molecule has 0 saturated heterocycles. The molecule has 0 fully saturated rings. The van der Waals surface area contributed by atoms with Gasteiger partial charge in [-0.05, 0) is 37.1 Å². The number of anilines is 1. The van der Waals surface area contributed by atoms with Crippen molar-refractivity contribution in [3.05, 3.63) is 29.1 Å². The van der Waals surface area contributed by atoms with E-state index in [1.54, 1.807) is 19.9 Å². The summed E-state index contributed by atoms with van der Waals surface area (Å²) >= 11 is 0. The van der Waals surface area contributed by atoms with Crippen molar-refractivity contribution in [1.82, 2.24) is 0 Å². The Balaban J connectivity index is 3.02. The van der Waals surface area contributed by atoms with Crippen LogP contribution in [0.1, 0.15) is 11.1 Å². The topological polar surface area (TPSA) is 98.0 Å². The molecule has 6 heteroatoms. The number of nitrogens with two attached hydrogens (primary N) is 1. The van der Waals surface area contributed by atoms with E-state index in [0.29, 0.717) is 16.8 Å². The van der Waals surface area contributed by atoms with Gasteiger partial charge in [-0.3, -0.25) is 10.8 Å². The Hall–Kier alpha value is -2.42. The molecule has 0 spiro atoms. The Morgan fingerprint density at radius 3 is 2.65 bits per heavy atom. The van der Waals surface area contributed by atoms with Gasteiger partial charge in [-0.1, -0.05) is 0 Å². The van der Waals surface area contributed by atoms with Gasteiger partial charge in [-0.25, -0.2) is 4.39 Å².